The molecule has 6 heteroatoms. The predicted octanol–water partition coefficient (Wildman–Crippen LogP) is 0.548. The third kappa shape index (κ3) is 5.45. The molecule has 0 amide bonds. The highest BCUT2D eigenvalue weighted by Gasteiger charge is 2.24. The molecule has 2 atom stereocenters. The van der Waals surface area contributed by atoms with E-state index in [1.165, 1.54) is 0 Å². The Morgan fingerprint density at radius 1 is 1.44 bits per heavy atom. The average Bonchev–Trinajstić information content (AvgIpc) is 2.15. The van der Waals surface area contributed by atoms with Gasteiger partial charge in [0.1, 0.15) is 0 Å². The lowest BCUT2D eigenvalue weighted by atomic mass is 10.2. The van der Waals surface area contributed by atoms with Crippen molar-refractivity contribution in [1.82, 2.24) is 9.62 Å². The largest absolute Gasteiger partial charge is 0.309 e. The number of nitrogens with one attached hydrogen (secondary N) is 1. The van der Waals surface area contributed by atoms with Crippen molar-refractivity contribution in [3.63, 3.8) is 0 Å². The number of rotatable bonds is 7. The van der Waals surface area contributed by atoms with Crippen molar-refractivity contribution in [1.29, 1.82) is 5.26 Å². The van der Waals surface area contributed by atoms with Crippen LogP contribution in [-0.4, -0.2) is 45.2 Å². The van der Waals surface area contributed by atoms with E-state index in [-0.39, 0.29) is 6.04 Å². The second kappa shape index (κ2) is 6.84. The summed E-state index contributed by atoms with van der Waals surface area (Å²) in [4.78, 5) is 1.99. The summed E-state index contributed by atoms with van der Waals surface area (Å²) in [6.45, 7) is 4.32. The number of sulfonamides is 1. The Balaban J connectivity index is 4.32. The molecule has 0 spiro atoms. The van der Waals surface area contributed by atoms with E-state index in [2.05, 4.69) is 4.72 Å². The van der Waals surface area contributed by atoms with Gasteiger partial charge < -0.3 is 4.90 Å². The van der Waals surface area contributed by atoms with Crippen LogP contribution in [0.15, 0.2) is 0 Å². The Kier molecular flexibility index (Phi) is 6.56. The lowest BCUT2D eigenvalue weighted by molar-refractivity contribution is 0.378. The van der Waals surface area contributed by atoms with Crippen molar-refractivity contribution in [3.05, 3.63) is 0 Å². The first-order valence-corrected chi connectivity index (χ1v) is 6.93. The van der Waals surface area contributed by atoms with E-state index in [0.717, 1.165) is 13.0 Å². The summed E-state index contributed by atoms with van der Waals surface area (Å²) in [7, 11) is 0.372. The molecule has 0 heterocycles. The molecule has 0 aromatic heterocycles. The number of nitriles is 1. The van der Waals surface area contributed by atoms with E-state index in [1.54, 1.807) is 13.0 Å². The quantitative estimate of drug-likeness (QED) is 0.713. The lowest BCUT2D eigenvalue weighted by Gasteiger charge is -2.18. The van der Waals surface area contributed by atoms with Crippen LogP contribution in [-0.2, 0) is 10.0 Å². The molecule has 2 unspecified atom stereocenters. The molecule has 94 valence electrons. The maximum absolute atomic E-state index is 11.7. The van der Waals surface area contributed by atoms with Gasteiger partial charge in [0, 0.05) is 6.04 Å². The first-order chi connectivity index (χ1) is 7.33. The van der Waals surface area contributed by atoms with Crippen LogP contribution in [0.3, 0.4) is 0 Å². The van der Waals surface area contributed by atoms with Crippen molar-refractivity contribution in [2.45, 2.75) is 38.0 Å². The van der Waals surface area contributed by atoms with Gasteiger partial charge in [0.2, 0.25) is 10.0 Å². The Morgan fingerprint density at radius 2 is 2.00 bits per heavy atom. The molecule has 16 heavy (non-hydrogen) atoms. The molecule has 0 bridgehead atoms. The van der Waals surface area contributed by atoms with E-state index < -0.39 is 15.3 Å². The fraction of sp³-hybridized carbons (Fsp3) is 0.900. The highest BCUT2D eigenvalue weighted by molar-refractivity contribution is 7.90. The summed E-state index contributed by atoms with van der Waals surface area (Å²) in [6, 6.07) is 1.66. The number of hydrogen-bond acceptors (Lipinski definition) is 4. The highest BCUT2D eigenvalue weighted by atomic mass is 32.2. The molecule has 1 N–H and O–H groups in total. The van der Waals surface area contributed by atoms with E-state index in [4.69, 9.17) is 5.26 Å². The summed E-state index contributed by atoms with van der Waals surface area (Å²) in [5, 5.41) is 7.77. The third-order valence-electron chi connectivity index (χ3n) is 2.26. The molecule has 0 aliphatic rings. The van der Waals surface area contributed by atoms with Crippen molar-refractivity contribution in [2.24, 2.45) is 0 Å². The molecule has 5 nitrogen and oxygen atoms in total. The third-order valence-corrected chi connectivity index (χ3v) is 4.18. The first-order valence-electron chi connectivity index (χ1n) is 5.39. The maximum atomic E-state index is 11.7. The zero-order valence-corrected chi connectivity index (χ0v) is 11.2. The van der Waals surface area contributed by atoms with Gasteiger partial charge in [-0.3, -0.25) is 0 Å². The van der Waals surface area contributed by atoms with Crippen LogP contribution in [0, 0.1) is 11.3 Å². The lowest BCUT2D eigenvalue weighted by Crippen LogP contribution is -2.40. The molecule has 0 aromatic carbocycles. The Morgan fingerprint density at radius 3 is 2.38 bits per heavy atom. The monoisotopic (exact) mass is 247 g/mol. The molecule has 0 saturated carbocycles. The normalized spacial score (nSPS) is 15.8. The maximum Gasteiger partial charge on any atom is 0.228 e. The minimum absolute atomic E-state index is 0.144. The SMILES string of the molecule is CCC(C#N)S(=O)(=O)NC(C)CCN(C)C. The Hall–Kier alpha value is -0.640. The van der Waals surface area contributed by atoms with Crippen LogP contribution in [0.25, 0.3) is 0 Å². The zero-order valence-electron chi connectivity index (χ0n) is 10.4. The highest BCUT2D eigenvalue weighted by Crippen LogP contribution is 2.05. The summed E-state index contributed by atoms with van der Waals surface area (Å²) in [5.74, 6) is 0. The van der Waals surface area contributed by atoms with Gasteiger partial charge in [-0.15, -0.1) is 0 Å². The predicted molar refractivity (Wildman–Crippen MR) is 64.4 cm³/mol. The minimum Gasteiger partial charge on any atom is -0.309 e. The first kappa shape index (κ1) is 15.4. The average molecular weight is 247 g/mol. The second-order valence-electron chi connectivity index (χ2n) is 4.18. The Labute approximate surface area is 98.5 Å². The van der Waals surface area contributed by atoms with Gasteiger partial charge >= 0.3 is 0 Å². The molecule has 0 rings (SSSR count). The van der Waals surface area contributed by atoms with E-state index >= 15 is 0 Å². The molecular formula is C10H21N3O2S. The summed E-state index contributed by atoms with van der Waals surface area (Å²) in [6.07, 6.45) is 1.04. The van der Waals surface area contributed by atoms with Crippen molar-refractivity contribution in [3.8, 4) is 6.07 Å². The van der Waals surface area contributed by atoms with Gasteiger partial charge in [0.25, 0.3) is 0 Å². The van der Waals surface area contributed by atoms with Crippen LogP contribution in [0.1, 0.15) is 26.7 Å². The van der Waals surface area contributed by atoms with Crippen LogP contribution >= 0.6 is 0 Å². The van der Waals surface area contributed by atoms with E-state index in [9.17, 15) is 8.42 Å². The number of hydrogen-bond donors (Lipinski definition) is 1. The van der Waals surface area contributed by atoms with E-state index in [1.807, 2.05) is 25.9 Å². The molecular weight excluding hydrogens is 226 g/mol. The zero-order chi connectivity index (χ0) is 12.8. The van der Waals surface area contributed by atoms with Crippen LogP contribution in [0.2, 0.25) is 0 Å². The molecule has 0 aromatic rings. The molecule has 0 saturated heterocycles. The number of nitrogens with zero attached hydrogens (tertiary/aromatic N) is 2. The van der Waals surface area contributed by atoms with Crippen LogP contribution in [0.4, 0.5) is 0 Å². The van der Waals surface area contributed by atoms with Crippen molar-refractivity contribution >= 4 is 10.0 Å². The van der Waals surface area contributed by atoms with Crippen LogP contribution in [0.5, 0.6) is 0 Å². The fourth-order valence-corrected chi connectivity index (χ4v) is 2.67. The smallest absolute Gasteiger partial charge is 0.228 e. The summed E-state index contributed by atoms with van der Waals surface area (Å²) < 4.78 is 25.9. The molecule has 0 aliphatic heterocycles. The molecule has 0 radical (unpaired) electrons. The van der Waals surface area contributed by atoms with Gasteiger partial charge in [0.15, 0.2) is 5.25 Å². The standard InChI is InChI=1S/C10H21N3O2S/c1-5-10(8-11)16(14,15)12-9(2)6-7-13(3)4/h9-10,12H,5-7H2,1-4H3. The van der Waals surface area contributed by atoms with Gasteiger partial charge in [-0.2, -0.15) is 5.26 Å². The van der Waals surface area contributed by atoms with Gasteiger partial charge in [-0.05, 0) is 40.4 Å². The van der Waals surface area contributed by atoms with Crippen molar-refractivity contribution in [2.75, 3.05) is 20.6 Å². The summed E-state index contributed by atoms with van der Waals surface area (Å²) in [5.41, 5.74) is 0. The molecule has 0 aliphatic carbocycles. The van der Waals surface area contributed by atoms with Gasteiger partial charge in [-0.25, -0.2) is 13.1 Å². The van der Waals surface area contributed by atoms with Crippen LogP contribution < -0.4 is 4.72 Å². The van der Waals surface area contributed by atoms with E-state index in [0.29, 0.717) is 6.42 Å². The Bertz CT molecular complexity index is 332. The second-order valence-corrected chi connectivity index (χ2v) is 6.08. The van der Waals surface area contributed by atoms with Crippen molar-refractivity contribution < 1.29 is 8.42 Å². The topological polar surface area (TPSA) is 73.2 Å². The van der Waals surface area contributed by atoms with Gasteiger partial charge in [0.05, 0.1) is 6.07 Å². The van der Waals surface area contributed by atoms with Gasteiger partial charge in [-0.1, -0.05) is 6.92 Å². The minimum atomic E-state index is -3.50. The molecule has 0 fully saturated rings. The summed E-state index contributed by atoms with van der Waals surface area (Å²) >= 11 is 0. The fourth-order valence-electron chi connectivity index (χ4n) is 1.25.